The largest absolute Gasteiger partial charge is 0.389 e. The Morgan fingerprint density at radius 1 is 1.05 bits per heavy atom. The quantitative estimate of drug-likeness (QED) is 0.299. The number of carbonyl (C=O) groups is 2. The molecule has 0 saturated heterocycles. The zero-order valence-electron chi connectivity index (χ0n) is 21.4. The maximum atomic E-state index is 15.0. The molecule has 3 unspecified atom stereocenters. The lowest BCUT2D eigenvalue weighted by atomic mass is 9.94. The highest BCUT2D eigenvalue weighted by Gasteiger charge is 2.50. The number of carbonyl (C=O) groups excluding carboxylic acids is 2. The van der Waals surface area contributed by atoms with Crippen LogP contribution >= 0.6 is 11.6 Å². The van der Waals surface area contributed by atoms with Crippen molar-refractivity contribution in [2.75, 3.05) is 29.3 Å². The van der Waals surface area contributed by atoms with Gasteiger partial charge in [0.2, 0.25) is 11.8 Å². The number of pyridine rings is 1. The standard InChI is InChI=1S/C27H28ClFN4O6S/c1-40(38,39)16-30-15-27(37)13-20(25(35)31-18-7-5-17(28)6-8-18)21(14-27)26(36)32-23-10-9-19(12-22(23)29)33-11-3-2-4-24(33)34/h2-12,20-21,30,37H,13-16H2,1H3,(H,31,35)(H,32,36). The van der Waals surface area contributed by atoms with Crippen molar-refractivity contribution in [2.24, 2.45) is 11.8 Å². The van der Waals surface area contributed by atoms with Gasteiger partial charge in [0.15, 0.2) is 9.84 Å². The number of aliphatic hydroxyl groups is 1. The maximum absolute atomic E-state index is 15.0. The normalized spacial score (nSPS) is 20.7. The van der Waals surface area contributed by atoms with E-state index in [9.17, 15) is 32.3 Å². The van der Waals surface area contributed by atoms with E-state index in [1.54, 1.807) is 36.4 Å². The third-order valence-corrected chi connectivity index (χ3v) is 7.58. The van der Waals surface area contributed by atoms with Crippen LogP contribution in [0.15, 0.2) is 71.7 Å². The van der Waals surface area contributed by atoms with E-state index in [1.165, 1.54) is 29.0 Å². The lowest BCUT2D eigenvalue weighted by molar-refractivity contribution is -0.128. The first-order chi connectivity index (χ1) is 18.8. The SMILES string of the molecule is CS(=O)(=O)CNCC1(O)CC(C(=O)Nc2ccc(Cl)cc2)C(C(=O)Nc2ccc(-n3ccccc3=O)cc2F)C1. The van der Waals surface area contributed by atoms with Gasteiger partial charge in [0.05, 0.1) is 34.7 Å². The average molecular weight is 591 g/mol. The van der Waals surface area contributed by atoms with Crippen LogP contribution < -0.4 is 21.5 Å². The molecule has 4 rings (SSSR count). The highest BCUT2D eigenvalue weighted by molar-refractivity contribution is 7.90. The number of hydrogen-bond donors (Lipinski definition) is 4. The minimum Gasteiger partial charge on any atom is -0.389 e. The molecule has 1 heterocycles. The van der Waals surface area contributed by atoms with Gasteiger partial charge >= 0.3 is 0 Å². The van der Waals surface area contributed by atoms with Crippen molar-refractivity contribution >= 4 is 44.6 Å². The van der Waals surface area contributed by atoms with E-state index in [4.69, 9.17) is 11.6 Å². The third-order valence-electron chi connectivity index (χ3n) is 6.60. The van der Waals surface area contributed by atoms with Crippen molar-refractivity contribution in [1.82, 2.24) is 9.88 Å². The number of amides is 2. The van der Waals surface area contributed by atoms with E-state index in [0.29, 0.717) is 10.7 Å². The van der Waals surface area contributed by atoms with Crippen molar-refractivity contribution in [1.29, 1.82) is 0 Å². The number of rotatable bonds is 9. The van der Waals surface area contributed by atoms with Crippen LogP contribution in [0.3, 0.4) is 0 Å². The Bertz CT molecular complexity index is 1580. The van der Waals surface area contributed by atoms with Crippen molar-refractivity contribution in [3.05, 3.63) is 88.1 Å². The van der Waals surface area contributed by atoms with Crippen LogP contribution in [0.2, 0.25) is 5.02 Å². The number of nitrogens with zero attached hydrogens (tertiary/aromatic N) is 1. The molecule has 3 aromatic rings. The van der Waals surface area contributed by atoms with Gasteiger partial charge in [0.1, 0.15) is 5.82 Å². The number of anilines is 2. The predicted octanol–water partition coefficient (Wildman–Crippen LogP) is 2.56. The highest BCUT2D eigenvalue weighted by Crippen LogP contribution is 2.41. The Kier molecular flexibility index (Phi) is 8.74. The van der Waals surface area contributed by atoms with Crippen molar-refractivity contribution in [3.8, 4) is 5.69 Å². The van der Waals surface area contributed by atoms with Gasteiger partial charge in [-0.1, -0.05) is 17.7 Å². The Morgan fingerprint density at radius 2 is 1.70 bits per heavy atom. The Hall–Kier alpha value is -3.58. The molecule has 3 atom stereocenters. The summed E-state index contributed by atoms with van der Waals surface area (Å²) in [7, 11) is -3.37. The molecular formula is C27H28ClFN4O6S. The van der Waals surface area contributed by atoms with Crippen molar-refractivity contribution in [3.63, 3.8) is 0 Å². The van der Waals surface area contributed by atoms with Crippen LogP contribution in [0, 0.1) is 17.7 Å². The van der Waals surface area contributed by atoms with Crippen LogP contribution in [0.4, 0.5) is 15.8 Å². The van der Waals surface area contributed by atoms with Crippen molar-refractivity contribution < 1.29 is 27.5 Å². The van der Waals surface area contributed by atoms with E-state index in [0.717, 1.165) is 12.3 Å². The first kappa shape index (κ1) is 29.4. The molecule has 1 fully saturated rings. The Morgan fingerprint density at radius 3 is 2.30 bits per heavy atom. The molecule has 2 amide bonds. The van der Waals surface area contributed by atoms with Gasteiger partial charge < -0.3 is 21.1 Å². The lowest BCUT2D eigenvalue weighted by Crippen LogP contribution is -2.41. The summed E-state index contributed by atoms with van der Waals surface area (Å²) in [5.41, 5.74) is -1.42. The minimum atomic E-state index is -3.37. The second-order valence-electron chi connectivity index (χ2n) is 9.90. The second kappa shape index (κ2) is 11.9. The van der Waals surface area contributed by atoms with E-state index < -0.39 is 50.8 Å². The van der Waals surface area contributed by atoms with E-state index in [-0.39, 0.29) is 36.3 Å². The fourth-order valence-electron chi connectivity index (χ4n) is 4.74. The van der Waals surface area contributed by atoms with Gasteiger partial charge in [0.25, 0.3) is 5.56 Å². The smallest absolute Gasteiger partial charge is 0.255 e. The molecule has 4 N–H and O–H groups in total. The lowest BCUT2D eigenvalue weighted by Gasteiger charge is -2.23. The monoisotopic (exact) mass is 590 g/mol. The molecule has 40 heavy (non-hydrogen) atoms. The topological polar surface area (TPSA) is 147 Å². The second-order valence-corrected chi connectivity index (χ2v) is 12.5. The van der Waals surface area contributed by atoms with Crippen LogP contribution in [0.1, 0.15) is 12.8 Å². The summed E-state index contributed by atoms with van der Waals surface area (Å²) < 4.78 is 39.3. The molecule has 10 nitrogen and oxygen atoms in total. The van der Waals surface area contributed by atoms with Crippen LogP contribution in [0.25, 0.3) is 5.69 Å². The van der Waals surface area contributed by atoms with Crippen LogP contribution in [0.5, 0.6) is 0 Å². The molecular weight excluding hydrogens is 563 g/mol. The van der Waals surface area contributed by atoms with Gasteiger partial charge in [0, 0.05) is 41.8 Å². The van der Waals surface area contributed by atoms with Gasteiger partial charge in [-0.15, -0.1) is 0 Å². The first-order valence-corrected chi connectivity index (χ1v) is 14.7. The molecule has 13 heteroatoms. The fraction of sp³-hybridized carbons (Fsp3) is 0.296. The van der Waals surface area contributed by atoms with Crippen LogP contribution in [-0.2, 0) is 19.4 Å². The van der Waals surface area contributed by atoms with E-state index >= 15 is 0 Å². The molecule has 0 spiro atoms. The molecule has 0 radical (unpaired) electrons. The van der Waals surface area contributed by atoms with E-state index in [1.807, 2.05) is 0 Å². The van der Waals surface area contributed by atoms with Gasteiger partial charge in [-0.3, -0.25) is 19.0 Å². The van der Waals surface area contributed by atoms with Gasteiger partial charge in [-0.05, 0) is 55.3 Å². The summed E-state index contributed by atoms with van der Waals surface area (Å²) in [6, 6.07) is 14.7. The Labute approximate surface area is 235 Å². The average Bonchev–Trinajstić information content (AvgIpc) is 3.24. The highest BCUT2D eigenvalue weighted by atomic mass is 35.5. The zero-order chi connectivity index (χ0) is 29.1. The molecule has 0 aliphatic heterocycles. The Balaban J connectivity index is 1.54. The van der Waals surface area contributed by atoms with E-state index in [2.05, 4.69) is 16.0 Å². The summed E-state index contributed by atoms with van der Waals surface area (Å²) in [5.74, 6) is -4.50. The molecule has 0 bridgehead atoms. The molecule has 212 valence electrons. The molecule has 1 aromatic heterocycles. The van der Waals surface area contributed by atoms with Gasteiger partial charge in [-0.25, -0.2) is 12.8 Å². The summed E-state index contributed by atoms with van der Waals surface area (Å²) in [5, 5.41) is 19.5. The maximum Gasteiger partial charge on any atom is 0.255 e. The number of nitrogens with one attached hydrogen (secondary N) is 3. The number of halogens is 2. The summed E-state index contributed by atoms with van der Waals surface area (Å²) >= 11 is 5.90. The van der Waals surface area contributed by atoms with Crippen LogP contribution in [-0.4, -0.2) is 54.2 Å². The fourth-order valence-corrected chi connectivity index (χ4v) is 5.34. The number of sulfone groups is 1. The number of benzene rings is 2. The molecule has 1 saturated carbocycles. The van der Waals surface area contributed by atoms with Crippen molar-refractivity contribution in [2.45, 2.75) is 18.4 Å². The summed E-state index contributed by atoms with van der Waals surface area (Å²) in [6.45, 7) is -0.177. The number of aromatic nitrogens is 1. The summed E-state index contributed by atoms with van der Waals surface area (Å²) in [6.07, 6.45) is 2.20. The third kappa shape index (κ3) is 7.33. The molecule has 1 aliphatic rings. The zero-order valence-corrected chi connectivity index (χ0v) is 23.0. The summed E-state index contributed by atoms with van der Waals surface area (Å²) in [4.78, 5) is 38.7. The molecule has 1 aliphatic carbocycles. The molecule has 2 aromatic carbocycles. The first-order valence-electron chi connectivity index (χ1n) is 12.3. The predicted molar refractivity (Wildman–Crippen MR) is 150 cm³/mol. The number of hydrogen-bond acceptors (Lipinski definition) is 7. The minimum absolute atomic E-state index is 0.139. The van der Waals surface area contributed by atoms with Gasteiger partial charge in [-0.2, -0.15) is 0 Å².